The minimum absolute atomic E-state index is 0.0327. The van der Waals surface area contributed by atoms with Crippen LogP contribution in [0.1, 0.15) is 34.8 Å². The number of fused-ring (bicyclic) bond motifs is 1. The molecule has 0 bridgehead atoms. The van der Waals surface area contributed by atoms with E-state index < -0.39 is 18.1 Å². The maximum atomic E-state index is 12.6. The number of urea groups is 1. The first-order valence-corrected chi connectivity index (χ1v) is 9.29. The summed E-state index contributed by atoms with van der Waals surface area (Å²) in [6.45, 7) is 1.64. The van der Waals surface area contributed by atoms with Crippen LogP contribution in [-0.4, -0.2) is 39.3 Å². The van der Waals surface area contributed by atoms with Crippen LogP contribution in [0.4, 0.5) is 4.79 Å². The maximum absolute atomic E-state index is 12.6. The van der Waals surface area contributed by atoms with Crippen molar-refractivity contribution in [3.05, 3.63) is 75.8 Å². The summed E-state index contributed by atoms with van der Waals surface area (Å²) in [5, 5.41) is 2.90. The van der Waals surface area contributed by atoms with Crippen molar-refractivity contribution in [3.8, 4) is 0 Å². The number of para-hydroxylation sites is 1. The number of nitrogens with zero attached hydrogens (tertiary/aromatic N) is 2. The van der Waals surface area contributed by atoms with Crippen LogP contribution in [0, 0.1) is 0 Å². The van der Waals surface area contributed by atoms with Crippen molar-refractivity contribution in [2.24, 2.45) is 0 Å². The quantitative estimate of drug-likeness (QED) is 0.493. The number of H-pyrrole nitrogens is 1. The Morgan fingerprint density at radius 1 is 1.17 bits per heavy atom. The van der Waals surface area contributed by atoms with Crippen molar-refractivity contribution in [2.45, 2.75) is 19.6 Å². The zero-order chi connectivity index (χ0) is 21.3. The number of carbonyl (C=O) groups is 3. The second-order valence-electron chi connectivity index (χ2n) is 6.85. The highest BCUT2D eigenvalue weighted by atomic mass is 16.5. The van der Waals surface area contributed by atoms with Gasteiger partial charge >= 0.3 is 12.0 Å². The molecule has 0 saturated carbocycles. The second-order valence-corrected chi connectivity index (χ2v) is 6.85. The summed E-state index contributed by atoms with van der Waals surface area (Å²) in [5.41, 5.74) is 1.07. The van der Waals surface area contributed by atoms with E-state index in [4.69, 9.17) is 4.74 Å². The largest absolute Gasteiger partial charge is 0.451 e. The molecule has 30 heavy (non-hydrogen) atoms. The number of carbonyl (C=O) groups excluding carboxylic acids is 3. The van der Waals surface area contributed by atoms with E-state index in [0.29, 0.717) is 16.5 Å². The Bertz CT molecular complexity index is 1200. The van der Waals surface area contributed by atoms with E-state index in [1.54, 1.807) is 55.5 Å². The molecule has 9 nitrogen and oxygen atoms in total. The molecule has 3 amide bonds. The van der Waals surface area contributed by atoms with Crippen molar-refractivity contribution in [1.82, 2.24) is 20.2 Å². The highest BCUT2D eigenvalue weighted by Crippen LogP contribution is 2.18. The predicted molar refractivity (Wildman–Crippen MR) is 107 cm³/mol. The molecular weight excluding hydrogens is 388 g/mol. The Balaban J connectivity index is 1.50. The van der Waals surface area contributed by atoms with Gasteiger partial charge in [-0.05, 0) is 36.8 Å². The summed E-state index contributed by atoms with van der Waals surface area (Å²) in [7, 11) is 0. The molecule has 1 aromatic heterocycles. The molecule has 0 aliphatic carbocycles. The average Bonchev–Trinajstić information content (AvgIpc) is 3.06. The number of hydrogen-bond acceptors (Lipinski definition) is 6. The van der Waals surface area contributed by atoms with Crippen molar-refractivity contribution < 1.29 is 19.1 Å². The molecule has 4 rings (SSSR count). The third kappa shape index (κ3) is 3.77. The highest BCUT2D eigenvalue weighted by molar-refractivity contribution is 6.01. The molecule has 1 aliphatic rings. The van der Waals surface area contributed by atoms with Crippen LogP contribution in [0.5, 0.6) is 0 Å². The third-order valence-electron chi connectivity index (χ3n) is 4.74. The van der Waals surface area contributed by atoms with Gasteiger partial charge in [-0.25, -0.2) is 14.6 Å². The van der Waals surface area contributed by atoms with Crippen LogP contribution in [0.2, 0.25) is 0 Å². The molecular formula is C21H18N4O5. The van der Waals surface area contributed by atoms with Crippen molar-refractivity contribution >= 4 is 28.8 Å². The standard InChI is InChI=1S/C21H18N4O5/c1-12(18-23-16-8-3-2-7-15(16)19(27)24-18)30-20(28)14-6-4-5-13(9-14)11-25-17(26)10-22-21(25)29/h2-9,12H,10-11H2,1H3,(H,22,29)(H,23,24,27). The number of aromatic amines is 1. The maximum Gasteiger partial charge on any atom is 0.338 e. The van der Waals surface area contributed by atoms with Gasteiger partial charge in [0.1, 0.15) is 0 Å². The molecule has 1 fully saturated rings. The van der Waals surface area contributed by atoms with Gasteiger partial charge in [-0.2, -0.15) is 0 Å². The van der Waals surface area contributed by atoms with Crippen LogP contribution in [0.3, 0.4) is 0 Å². The minimum atomic E-state index is -0.788. The number of benzene rings is 2. The first-order valence-electron chi connectivity index (χ1n) is 9.29. The van der Waals surface area contributed by atoms with Gasteiger partial charge in [0.05, 0.1) is 29.6 Å². The lowest BCUT2D eigenvalue weighted by molar-refractivity contribution is -0.125. The van der Waals surface area contributed by atoms with Crippen LogP contribution in [-0.2, 0) is 16.1 Å². The van der Waals surface area contributed by atoms with Gasteiger partial charge in [0.25, 0.3) is 5.56 Å². The van der Waals surface area contributed by atoms with E-state index in [1.165, 1.54) is 0 Å². The Hall–Kier alpha value is -4.01. The summed E-state index contributed by atoms with van der Waals surface area (Å²) < 4.78 is 5.46. The zero-order valence-electron chi connectivity index (χ0n) is 16.0. The van der Waals surface area contributed by atoms with Gasteiger partial charge in [-0.15, -0.1) is 0 Å². The van der Waals surface area contributed by atoms with E-state index in [1.807, 2.05) is 0 Å². The molecule has 2 aromatic carbocycles. The lowest BCUT2D eigenvalue weighted by Crippen LogP contribution is -2.30. The fourth-order valence-electron chi connectivity index (χ4n) is 3.18. The molecule has 0 spiro atoms. The molecule has 1 unspecified atom stereocenters. The molecule has 9 heteroatoms. The normalized spacial score (nSPS) is 14.6. The summed E-state index contributed by atoms with van der Waals surface area (Å²) in [5.74, 6) is -0.701. The van der Waals surface area contributed by atoms with Gasteiger partial charge < -0.3 is 15.0 Å². The fourth-order valence-corrected chi connectivity index (χ4v) is 3.18. The van der Waals surface area contributed by atoms with E-state index >= 15 is 0 Å². The van der Waals surface area contributed by atoms with E-state index in [9.17, 15) is 19.2 Å². The number of nitrogens with one attached hydrogen (secondary N) is 2. The van der Waals surface area contributed by atoms with Gasteiger partial charge in [-0.3, -0.25) is 14.5 Å². The van der Waals surface area contributed by atoms with E-state index in [2.05, 4.69) is 15.3 Å². The summed E-state index contributed by atoms with van der Waals surface area (Å²) in [4.78, 5) is 56.3. The zero-order valence-corrected chi connectivity index (χ0v) is 16.0. The SMILES string of the molecule is CC(OC(=O)c1cccc(CN2C(=O)CNC2=O)c1)c1nc2ccccc2c(=O)[nH]1. The number of rotatable bonds is 5. The first kappa shape index (κ1) is 19.3. The molecule has 0 radical (unpaired) electrons. The topological polar surface area (TPSA) is 121 Å². The van der Waals surface area contributed by atoms with Crippen LogP contribution >= 0.6 is 0 Å². The minimum Gasteiger partial charge on any atom is -0.451 e. The number of aromatic nitrogens is 2. The Labute approximate surface area is 170 Å². The predicted octanol–water partition coefficient (Wildman–Crippen LogP) is 1.89. The number of ether oxygens (including phenoxy) is 1. The van der Waals surface area contributed by atoms with Crippen molar-refractivity contribution in [2.75, 3.05) is 6.54 Å². The number of amides is 3. The Kier molecular flexibility index (Phi) is 5.01. The smallest absolute Gasteiger partial charge is 0.338 e. The van der Waals surface area contributed by atoms with Gasteiger partial charge in [0.15, 0.2) is 11.9 Å². The molecule has 152 valence electrons. The lowest BCUT2D eigenvalue weighted by Gasteiger charge is -2.15. The van der Waals surface area contributed by atoms with Crippen LogP contribution in [0.25, 0.3) is 10.9 Å². The summed E-state index contributed by atoms with van der Waals surface area (Å²) >= 11 is 0. The number of esters is 1. The molecule has 2 heterocycles. The molecule has 1 aliphatic heterocycles. The van der Waals surface area contributed by atoms with Gasteiger partial charge in [0, 0.05) is 0 Å². The molecule has 1 atom stereocenters. The molecule has 1 saturated heterocycles. The molecule has 3 aromatic rings. The average molecular weight is 406 g/mol. The Morgan fingerprint density at radius 2 is 1.97 bits per heavy atom. The Morgan fingerprint density at radius 3 is 2.73 bits per heavy atom. The molecule has 2 N–H and O–H groups in total. The van der Waals surface area contributed by atoms with Gasteiger partial charge in [0.2, 0.25) is 5.91 Å². The van der Waals surface area contributed by atoms with E-state index in [-0.39, 0.29) is 35.9 Å². The monoisotopic (exact) mass is 406 g/mol. The number of hydrogen-bond donors (Lipinski definition) is 2. The van der Waals surface area contributed by atoms with Crippen molar-refractivity contribution in [1.29, 1.82) is 0 Å². The summed E-state index contributed by atoms with van der Waals surface area (Å²) in [6.07, 6.45) is -0.788. The number of imide groups is 1. The highest BCUT2D eigenvalue weighted by Gasteiger charge is 2.28. The van der Waals surface area contributed by atoms with Crippen LogP contribution < -0.4 is 10.9 Å². The van der Waals surface area contributed by atoms with Crippen molar-refractivity contribution in [3.63, 3.8) is 0 Å². The summed E-state index contributed by atoms with van der Waals surface area (Å²) in [6, 6.07) is 12.9. The lowest BCUT2D eigenvalue weighted by atomic mass is 10.1. The van der Waals surface area contributed by atoms with Gasteiger partial charge in [-0.1, -0.05) is 24.3 Å². The van der Waals surface area contributed by atoms with Crippen LogP contribution in [0.15, 0.2) is 53.3 Å². The van der Waals surface area contributed by atoms with E-state index in [0.717, 1.165) is 4.90 Å². The second kappa shape index (κ2) is 7.78. The fraction of sp³-hybridized carbons (Fsp3) is 0.190. The third-order valence-corrected chi connectivity index (χ3v) is 4.74. The first-order chi connectivity index (χ1) is 14.4.